The second kappa shape index (κ2) is 9.98. The number of carbonyl (C=O) groups excluding carboxylic acids is 1. The van der Waals surface area contributed by atoms with Gasteiger partial charge in [0, 0.05) is 17.4 Å². The van der Waals surface area contributed by atoms with E-state index < -0.39 is 23.5 Å². The Kier molecular flexibility index (Phi) is 6.85. The predicted molar refractivity (Wildman–Crippen MR) is 120 cm³/mol. The molecule has 8 nitrogen and oxygen atoms in total. The number of halogens is 2. The first-order valence-corrected chi connectivity index (χ1v) is 11.0. The number of nitrogens with one attached hydrogen (secondary N) is 2. The Morgan fingerprint density at radius 3 is 2.32 bits per heavy atom. The molecule has 0 spiro atoms. The highest BCUT2D eigenvalue weighted by Crippen LogP contribution is 2.39. The van der Waals surface area contributed by atoms with E-state index in [9.17, 15) is 23.5 Å². The number of rotatable bonds is 7. The maximum atomic E-state index is 13.3. The van der Waals surface area contributed by atoms with Crippen LogP contribution in [-0.4, -0.2) is 27.2 Å². The first-order chi connectivity index (χ1) is 16.3. The summed E-state index contributed by atoms with van der Waals surface area (Å²) in [5, 5.41) is 21.9. The summed E-state index contributed by atoms with van der Waals surface area (Å²) < 4.78 is 31.6. The summed E-state index contributed by atoms with van der Waals surface area (Å²) in [5.41, 5.74) is 1.89. The number of carboxylic acids is 1. The standard InChI is InChI=1S/C24H24F2N4O4/c1-13(23(32)33)14-2-4-15(5-3-14)16-6-8-17(9-7-16)27-21(31)22-29-30-24(34-22)28-18-10-11-19(25)20(26)12-18/h6-15H,2-5H2,1H3,(H,27,31)(H,28,30)(H,32,33)/t13?,14-,15-. The van der Waals surface area contributed by atoms with Crippen molar-refractivity contribution in [3.63, 3.8) is 0 Å². The van der Waals surface area contributed by atoms with Gasteiger partial charge in [-0.3, -0.25) is 9.59 Å². The monoisotopic (exact) mass is 470 g/mol. The van der Waals surface area contributed by atoms with Gasteiger partial charge in [-0.2, -0.15) is 0 Å². The van der Waals surface area contributed by atoms with Crippen molar-refractivity contribution >= 4 is 29.3 Å². The van der Waals surface area contributed by atoms with Crippen LogP contribution < -0.4 is 10.6 Å². The Morgan fingerprint density at radius 1 is 1.00 bits per heavy atom. The lowest BCUT2D eigenvalue weighted by Crippen LogP contribution is -2.24. The zero-order valence-corrected chi connectivity index (χ0v) is 18.4. The van der Waals surface area contributed by atoms with E-state index >= 15 is 0 Å². The fourth-order valence-corrected chi connectivity index (χ4v) is 4.24. The highest BCUT2D eigenvalue weighted by Gasteiger charge is 2.29. The minimum Gasteiger partial charge on any atom is -0.481 e. The molecule has 0 radical (unpaired) electrons. The Labute approximate surface area is 194 Å². The Bertz CT molecular complexity index is 1170. The third-order valence-corrected chi connectivity index (χ3v) is 6.30. The third-order valence-electron chi connectivity index (χ3n) is 6.30. The highest BCUT2D eigenvalue weighted by molar-refractivity contribution is 6.00. The molecule has 0 aliphatic heterocycles. The number of anilines is 3. The number of amides is 1. The molecule has 34 heavy (non-hydrogen) atoms. The molecule has 1 saturated carbocycles. The minimum atomic E-state index is -1.03. The van der Waals surface area contributed by atoms with Gasteiger partial charge in [-0.25, -0.2) is 8.78 Å². The Morgan fingerprint density at radius 2 is 1.68 bits per heavy atom. The number of hydrogen-bond acceptors (Lipinski definition) is 6. The molecule has 178 valence electrons. The molecule has 1 amide bonds. The molecule has 1 aliphatic rings. The van der Waals surface area contributed by atoms with Crippen molar-refractivity contribution in [3.05, 3.63) is 65.6 Å². The molecule has 1 aromatic heterocycles. The number of benzene rings is 2. The first-order valence-electron chi connectivity index (χ1n) is 11.0. The van der Waals surface area contributed by atoms with Gasteiger partial charge >= 0.3 is 23.8 Å². The van der Waals surface area contributed by atoms with Gasteiger partial charge in [0.25, 0.3) is 0 Å². The molecular weight excluding hydrogens is 446 g/mol. The summed E-state index contributed by atoms with van der Waals surface area (Å²) in [7, 11) is 0. The molecule has 3 aromatic rings. The molecule has 1 heterocycles. The highest BCUT2D eigenvalue weighted by atomic mass is 19.2. The van der Waals surface area contributed by atoms with Crippen molar-refractivity contribution in [3.8, 4) is 0 Å². The average molecular weight is 470 g/mol. The zero-order chi connectivity index (χ0) is 24.2. The Balaban J connectivity index is 1.32. The SMILES string of the molecule is CC(C(=O)O)[C@H]1CC[C@H](c2ccc(NC(=O)c3nnc(Nc4ccc(F)c(F)c4)o3)cc2)CC1. The number of nitrogens with zero attached hydrogens (tertiary/aromatic N) is 2. The number of aromatic nitrogens is 2. The van der Waals surface area contributed by atoms with Crippen molar-refractivity contribution in [2.45, 2.75) is 38.5 Å². The largest absolute Gasteiger partial charge is 0.481 e. The summed E-state index contributed by atoms with van der Waals surface area (Å²) in [6, 6.07) is 10.5. The fraction of sp³-hybridized carbons (Fsp3) is 0.333. The van der Waals surface area contributed by atoms with E-state index in [1.165, 1.54) is 6.07 Å². The second-order valence-corrected chi connectivity index (χ2v) is 8.48. The van der Waals surface area contributed by atoms with Crippen LogP contribution in [-0.2, 0) is 4.79 Å². The van der Waals surface area contributed by atoms with E-state index in [2.05, 4.69) is 20.8 Å². The molecule has 1 unspecified atom stereocenters. The smallest absolute Gasteiger partial charge is 0.320 e. The van der Waals surface area contributed by atoms with Gasteiger partial charge in [0.05, 0.1) is 5.92 Å². The maximum absolute atomic E-state index is 13.3. The second-order valence-electron chi connectivity index (χ2n) is 8.48. The lowest BCUT2D eigenvalue weighted by Gasteiger charge is -2.31. The molecule has 1 fully saturated rings. The lowest BCUT2D eigenvalue weighted by molar-refractivity contribution is -0.143. The van der Waals surface area contributed by atoms with Crippen LogP contribution in [0, 0.1) is 23.5 Å². The van der Waals surface area contributed by atoms with Gasteiger partial charge in [-0.15, -0.1) is 5.10 Å². The van der Waals surface area contributed by atoms with Crippen molar-refractivity contribution in [1.82, 2.24) is 10.2 Å². The van der Waals surface area contributed by atoms with Crippen LogP contribution in [0.5, 0.6) is 0 Å². The van der Waals surface area contributed by atoms with Crippen molar-refractivity contribution < 1.29 is 27.9 Å². The minimum absolute atomic E-state index is 0.140. The van der Waals surface area contributed by atoms with Crippen molar-refractivity contribution in [2.75, 3.05) is 10.6 Å². The number of carbonyl (C=O) groups is 2. The number of aliphatic carboxylic acids is 1. The van der Waals surface area contributed by atoms with Gasteiger partial charge < -0.3 is 20.2 Å². The number of carboxylic acid groups (broad SMARTS) is 1. The Hall–Kier alpha value is -3.82. The van der Waals surface area contributed by atoms with E-state index in [1.807, 2.05) is 12.1 Å². The van der Waals surface area contributed by atoms with Gasteiger partial charge in [0.2, 0.25) is 0 Å². The van der Waals surface area contributed by atoms with E-state index in [0.29, 0.717) is 11.6 Å². The molecule has 0 bridgehead atoms. The molecule has 3 N–H and O–H groups in total. The molecule has 4 rings (SSSR count). The first kappa shape index (κ1) is 23.3. The summed E-state index contributed by atoms with van der Waals surface area (Å²) in [6.07, 6.45) is 3.64. The van der Waals surface area contributed by atoms with Crippen LogP contribution in [0.15, 0.2) is 46.9 Å². The summed E-state index contributed by atoms with van der Waals surface area (Å²) in [4.78, 5) is 23.6. The average Bonchev–Trinajstić information content (AvgIpc) is 3.30. The molecule has 2 aromatic carbocycles. The van der Waals surface area contributed by atoms with E-state index in [0.717, 1.165) is 43.4 Å². The van der Waals surface area contributed by atoms with E-state index in [1.54, 1.807) is 19.1 Å². The van der Waals surface area contributed by atoms with Crippen LogP contribution >= 0.6 is 0 Å². The molecule has 1 aliphatic carbocycles. The molecule has 0 saturated heterocycles. The molecule has 1 atom stereocenters. The maximum Gasteiger partial charge on any atom is 0.320 e. The summed E-state index contributed by atoms with van der Waals surface area (Å²) in [6.45, 7) is 1.77. The van der Waals surface area contributed by atoms with Gasteiger partial charge in [0.1, 0.15) is 0 Å². The van der Waals surface area contributed by atoms with E-state index in [4.69, 9.17) is 4.42 Å². The topological polar surface area (TPSA) is 117 Å². The van der Waals surface area contributed by atoms with Gasteiger partial charge in [-0.05, 0) is 67.3 Å². The fourth-order valence-electron chi connectivity index (χ4n) is 4.24. The van der Waals surface area contributed by atoms with Crippen LogP contribution in [0.1, 0.15) is 54.8 Å². The van der Waals surface area contributed by atoms with Crippen LogP contribution in [0.25, 0.3) is 0 Å². The third kappa shape index (κ3) is 5.38. The summed E-state index contributed by atoms with van der Waals surface area (Å²) in [5.74, 6) is -3.41. The number of hydrogen-bond donors (Lipinski definition) is 3. The zero-order valence-electron chi connectivity index (χ0n) is 18.4. The van der Waals surface area contributed by atoms with Crippen LogP contribution in [0.4, 0.5) is 26.2 Å². The molecular formula is C24H24F2N4O4. The van der Waals surface area contributed by atoms with Crippen molar-refractivity contribution in [1.29, 1.82) is 0 Å². The lowest BCUT2D eigenvalue weighted by atomic mass is 9.74. The summed E-state index contributed by atoms with van der Waals surface area (Å²) >= 11 is 0. The van der Waals surface area contributed by atoms with Gasteiger partial charge in [-0.1, -0.05) is 24.2 Å². The normalized spacial score (nSPS) is 18.8. The van der Waals surface area contributed by atoms with E-state index in [-0.39, 0.29) is 29.4 Å². The molecule has 10 heteroatoms. The van der Waals surface area contributed by atoms with Crippen molar-refractivity contribution in [2.24, 2.45) is 11.8 Å². The predicted octanol–water partition coefficient (Wildman–Crippen LogP) is 5.34. The quantitative estimate of drug-likeness (QED) is 0.427. The van der Waals surface area contributed by atoms with Crippen LogP contribution in [0.3, 0.4) is 0 Å². The van der Waals surface area contributed by atoms with Crippen LogP contribution in [0.2, 0.25) is 0 Å². The van der Waals surface area contributed by atoms with Gasteiger partial charge in [0.15, 0.2) is 11.6 Å².